The van der Waals surface area contributed by atoms with Gasteiger partial charge in [0.1, 0.15) is 11.9 Å². The molecule has 0 aromatic heterocycles. The van der Waals surface area contributed by atoms with Crippen LogP contribution in [0.25, 0.3) is 0 Å². The van der Waals surface area contributed by atoms with E-state index in [9.17, 15) is 17.6 Å². The summed E-state index contributed by atoms with van der Waals surface area (Å²) in [4.78, 5) is 12.6. The van der Waals surface area contributed by atoms with Gasteiger partial charge in [-0.3, -0.25) is 9.10 Å². The number of anilines is 1. The maximum Gasteiger partial charge on any atom is 0.243 e. The molecule has 2 aromatic carbocycles. The number of hydrogen-bond acceptors (Lipinski definition) is 4. The lowest BCUT2D eigenvalue weighted by atomic mass is 10.2. The fraction of sp³-hybridized carbons (Fsp3) is 0.350. The average Bonchev–Trinajstić information content (AvgIpc) is 2.66. The first-order chi connectivity index (χ1) is 13.3. The van der Waals surface area contributed by atoms with E-state index in [1.54, 1.807) is 18.7 Å². The second-order valence-electron chi connectivity index (χ2n) is 6.29. The Hall–Kier alpha value is -2.06. The highest BCUT2D eigenvalue weighted by Crippen LogP contribution is 2.22. The molecule has 0 aliphatic carbocycles. The second kappa shape index (κ2) is 10.5. The summed E-state index contributed by atoms with van der Waals surface area (Å²) in [7, 11) is -3.71. The molecule has 0 radical (unpaired) electrons. The summed E-state index contributed by atoms with van der Waals surface area (Å²) in [6, 6.07) is 14.2. The number of hydrogen-bond donors (Lipinski definition) is 1. The smallest absolute Gasteiger partial charge is 0.243 e. The van der Waals surface area contributed by atoms with E-state index in [1.807, 2.05) is 30.3 Å². The zero-order valence-electron chi connectivity index (χ0n) is 16.0. The summed E-state index contributed by atoms with van der Waals surface area (Å²) < 4.78 is 38.9. The van der Waals surface area contributed by atoms with Crippen molar-refractivity contribution in [2.24, 2.45) is 0 Å². The van der Waals surface area contributed by atoms with Crippen LogP contribution >= 0.6 is 11.8 Å². The quantitative estimate of drug-likeness (QED) is 0.594. The van der Waals surface area contributed by atoms with Gasteiger partial charge >= 0.3 is 0 Å². The molecule has 0 unspecified atom stereocenters. The van der Waals surface area contributed by atoms with Gasteiger partial charge in [-0.25, -0.2) is 12.8 Å². The average molecular weight is 425 g/mol. The molecule has 2 rings (SSSR count). The summed E-state index contributed by atoms with van der Waals surface area (Å²) in [5.74, 6) is 0.730. The molecule has 1 N–H and O–H groups in total. The standard InChI is InChI=1S/C20H25FN2O3S2/c1-3-19(23(28(2,25)26)18-11-9-17(21)10-12-18)20(24)22-13-14-27-15-16-7-5-4-6-8-16/h4-12,19H,3,13-15H2,1-2H3,(H,22,24)/t19-/m0/s1. The lowest BCUT2D eigenvalue weighted by Gasteiger charge is -2.30. The Morgan fingerprint density at radius 1 is 1.14 bits per heavy atom. The first-order valence-corrected chi connectivity index (χ1v) is 12.0. The molecule has 0 heterocycles. The first-order valence-electron chi connectivity index (χ1n) is 8.97. The van der Waals surface area contributed by atoms with Crippen molar-refractivity contribution in [1.29, 1.82) is 0 Å². The molecule has 0 fully saturated rings. The van der Waals surface area contributed by atoms with Crippen LogP contribution in [0.5, 0.6) is 0 Å². The summed E-state index contributed by atoms with van der Waals surface area (Å²) in [5, 5.41) is 2.81. The van der Waals surface area contributed by atoms with Gasteiger partial charge in [0.2, 0.25) is 15.9 Å². The Bertz CT molecular complexity index is 859. The van der Waals surface area contributed by atoms with Gasteiger partial charge in [-0.2, -0.15) is 11.8 Å². The molecule has 1 amide bonds. The third kappa shape index (κ3) is 6.53. The van der Waals surface area contributed by atoms with Crippen LogP contribution in [0.2, 0.25) is 0 Å². The Morgan fingerprint density at radius 3 is 2.36 bits per heavy atom. The lowest BCUT2D eigenvalue weighted by Crippen LogP contribution is -2.49. The molecule has 1 atom stereocenters. The van der Waals surface area contributed by atoms with Gasteiger partial charge in [-0.15, -0.1) is 0 Å². The van der Waals surface area contributed by atoms with Crippen molar-refractivity contribution in [3.05, 3.63) is 66.0 Å². The highest BCUT2D eigenvalue weighted by atomic mass is 32.2. The maximum atomic E-state index is 13.2. The zero-order valence-corrected chi connectivity index (χ0v) is 17.6. The van der Waals surface area contributed by atoms with Crippen LogP contribution in [0.15, 0.2) is 54.6 Å². The van der Waals surface area contributed by atoms with Crippen molar-refractivity contribution >= 4 is 33.4 Å². The Kier molecular flexibility index (Phi) is 8.32. The van der Waals surface area contributed by atoms with Gasteiger partial charge in [-0.05, 0) is 36.2 Å². The van der Waals surface area contributed by atoms with Crippen molar-refractivity contribution in [1.82, 2.24) is 5.32 Å². The minimum atomic E-state index is -3.71. The van der Waals surface area contributed by atoms with Crippen LogP contribution in [0.1, 0.15) is 18.9 Å². The number of halogens is 1. The zero-order chi connectivity index (χ0) is 20.6. The maximum absolute atomic E-state index is 13.2. The molecule has 0 saturated heterocycles. The van der Waals surface area contributed by atoms with E-state index >= 15 is 0 Å². The van der Waals surface area contributed by atoms with E-state index < -0.39 is 21.9 Å². The third-order valence-electron chi connectivity index (χ3n) is 4.07. The Morgan fingerprint density at radius 2 is 1.79 bits per heavy atom. The van der Waals surface area contributed by atoms with Crippen molar-refractivity contribution in [3.63, 3.8) is 0 Å². The summed E-state index contributed by atoms with van der Waals surface area (Å²) in [6.07, 6.45) is 1.34. The van der Waals surface area contributed by atoms with Gasteiger partial charge in [0.25, 0.3) is 0 Å². The van der Waals surface area contributed by atoms with Gasteiger partial charge in [0, 0.05) is 18.1 Å². The number of nitrogens with zero attached hydrogens (tertiary/aromatic N) is 1. The van der Waals surface area contributed by atoms with E-state index in [1.165, 1.54) is 29.8 Å². The van der Waals surface area contributed by atoms with Gasteiger partial charge in [0.15, 0.2) is 0 Å². The van der Waals surface area contributed by atoms with Gasteiger partial charge < -0.3 is 5.32 Å². The lowest BCUT2D eigenvalue weighted by molar-refractivity contribution is -0.122. The molecular formula is C20H25FN2O3S2. The van der Waals surface area contributed by atoms with Crippen LogP contribution < -0.4 is 9.62 Å². The van der Waals surface area contributed by atoms with Crippen molar-refractivity contribution in [3.8, 4) is 0 Å². The molecule has 152 valence electrons. The SMILES string of the molecule is CC[C@@H](C(=O)NCCSCc1ccccc1)N(c1ccc(F)cc1)S(C)(=O)=O. The number of amides is 1. The largest absolute Gasteiger partial charge is 0.353 e. The summed E-state index contributed by atoms with van der Waals surface area (Å²) in [5.41, 5.74) is 1.48. The Labute approximate surface area is 170 Å². The molecule has 5 nitrogen and oxygen atoms in total. The van der Waals surface area contributed by atoms with E-state index in [4.69, 9.17) is 0 Å². The fourth-order valence-corrected chi connectivity index (χ4v) is 4.81. The molecule has 0 spiro atoms. The van der Waals surface area contributed by atoms with Crippen LogP contribution in [-0.4, -0.2) is 38.9 Å². The number of rotatable bonds is 10. The highest BCUT2D eigenvalue weighted by Gasteiger charge is 2.31. The number of carbonyl (C=O) groups excluding carboxylic acids is 1. The minimum absolute atomic E-state index is 0.268. The van der Waals surface area contributed by atoms with E-state index in [-0.39, 0.29) is 11.6 Å². The number of benzene rings is 2. The number of nitrogens with one attached hydrogen (secondary N) is 1. The van der Waals surface area contributed by atoms with Crippen LogP contribution in [-0.2, 0) is 20.6 Å². The monoisotopic (exact) mass is 424 g/mol. The molecule has 28 heavy (non-hydrogen) atoms. The number of sulfonamides is 1. The van der Waals surface area contributed by atoms with Crippen LogP contribution in [0.3, 0.4) is 0 Å². The van der Waals surface area contributed by atoms with E-state index in [0.717, 1.165) is 16.3 Å². The van der Waals surface area contributed by atoms with Crippen LogP contribution in [0, 0.1) is 5.82 Å². The second-order valence-corrected chi connectivity index (χ2v) is 9.25. The molecule has 0 bridgehead atoms. The predicted molar refractivity (Wildman–Crippen MR) is 113 cm³/mol. The molecule has 8 heteroatoms. The van der Waals surface area contributed by atoms with Crippen LogP contribution in [0.4, 0.5) is 10.1 Å². The summed E-state index contributed by atoms with van der Waals surface area (Å²) in [6.45, 7) is 2.18. The van der Waals surface area contributed by atoms with Gasteiger partial charge in [-0.1, -0.05) is 37.3 Å². The number of carbonyl (C=O) groups is 1. The van der Waals surface area contributed by atoms with Gasteiger partial charge in [0.05, 0.1) is 11.9 Å². The highest BCUT2D eigenvalue weighted by molar-refractivity contribution is 7.98. The first kappa shape index (κ1) is 22.2. The number of thioether (sulfide) groups is 1. The van der Waals surface area contributed by atoms with Crippen molar-refractivity contribution in [2.45, 2.75) is 25.1 Å². The molecule has 2 aromatic rings. The molecule has 0 aliphatic rings. The summed E-state index contributed by atoms with van der Waals surface area (Å²) >= 11 is 1.69. The molecular weight excluding hydrogens is 399 g/mol. The minimum Gasteiger partial charge on any atom is -0.353 e. The van der Waals surface area contributed by atoms with Crippen molar-refractivity contribution < 1.29 is 17.6 Å². The van der Waals surface area contributed by atoms with Crippen molar-refractivity contribution in [2.75, 3.05) is 22.9 Å². The van der Waals surface area contributed by atoms with E-state index in [0.29, 0.717) is 18.7 Å². The normalized spacial score (nSPS) is 12.4. The molecule has 0 saturated carbocycles. The third-order valence-corrected chi connectivity index (χ3v) is 6.28. The predicted octanol–water partition coefficient (Wildman–Crippen LogP) is 3.42. The fourth-order valence-electron chi connectivity index (χ4n) is 2.78. The Balaban J connectivity index is 1.96. The van der Waals surface area contributed by atoms with E-state index in [2.05, 4.69) is 5.32 Å². The topological polar surface area (TPSA) is 66.5 Å². The molecule has 0 aliphatic heterocycles.